The molecule has 2 aliphatic heterocycles. The number of likely N-dealkylation sites (tertiary alicyclic amines) is 1. The summed E-state index contributed by atoms with van der Waals surface area (Å²) in [6.07, 6.45) is 2.68. The minimum absolute atomic E-state index is 0.0521. The Morgan fingerprint density at radius 1 is 1.00 bits per heavy atom. The van der Waals surface area contributed by atoms with Gasteiger partial charge in [0.15, 0.2) is 12.1 Å². The topological polar surface area (TPSA) is 188 Å². The second kappa shape index (κ2) is 24.2. The molecule has 6 N–H and O–H groups in total. The van der Waals surface area contributed by atoms with Gasteiger partial charge in [-0.1, -0.05) is 51.0 Å². The number of piperidine rings is 1. The zero-order valence-electron chi connectivity index (χ0n) is 36.9. The zero-order valence-corrected chi connectivity index (χ0v) is 36.9. The number of hydrogen-bond acceptors (Lipinski definition) is 13. The van der Waals surface area contributed by atoms with E-state index < -0.39 is 78.9 Å². The summed E-state index contributed by atoms with van der Waals surface area (Å²) in [5.74, 6) is -3.25. The molecule has 0 aromatic rings. The molecule has 58 heavy (non-hydrogen) atoms. The summed E-state index contributed by atoms with van der Waals surface area (Å²) in [4.78, 5) is 14.3. The number of aliphatic hydroxyl groups is 6. The molecule has 13 nitrogen and oxygen atoms in total. The number of nitrogens with zero attached hydrogens (tertiary/aromatic N) is 1. The summed E-state index contributed by atoms with van der Waals surface area (Å²) in [5, 5.41) is 69.7. The maximum Gasteiger partial charge on any atom is 0.199 e. The van der Waals surface area contributed by atoms with Gasteiger partial charge in [0.25, 0.3) is 0 Å². The Kier molecular flexibility index (Phi) is 21.1. The third-order valence-corrected chi connectivity index (χ3v) is 13.2. The van der Waals surface area contributed by atoms with Gasteiger partial charge in [-0.25, -0.2) is 0 Å². The monoisotopic (exact) mass is 826 g/mol. The Balaban J connectivity index is 1.88. The Bertz CT molecular complexity index is 1310. The average Bonchev–Trinajstić information content (AvgIpc) is 3.21. The van der Waals surface area contributed by atoms with Crippen molar-refractivity contribution in [3.05, 3.63) is 36.0 Å². The number of aliphatic hydroxyl groups excluding tert-OH is 5. The van der Waals surface area contributed by atoms with Crippen LogP contribution >= 0.6 is 0 Å². The summed E-state index contributed by atoms with van der Waals surface area (Å²) in [6, 6.07) is -0.789. The van der Waals surface area contributed by atoms with E-state index in [0.717, 1.165) is 24.8 Å². The van der Waals surface area contributed by atoms with Gasteiger partial charge in [0.1, 0.15) is 24.2 Å². The van der Waals surface area contributed by atoms with E-state index in [0.29, 0.717) is 51.5 Å². The van der Waals surface area contributed by atoms with Gasteiger partial charge in [-0.2, -0.15) is 0 Å². The van der Waals surface area contributed by atoms with Gasteiger partial charge < -0.3 is 54.3 Å². The molecule has 0 amide bonds. The Morgan fingerprint density at radius 2 is 1.69 bits per heavy atom. The first-order valence-corrected chi connectivity index (χ1v) is 21.7. The normalized spacial score (nSPS) is 33.4. The van der Waals surface area contributed by atoms with Crippen molar-refractivity contribution in [2.45, 2.75) is 192 Å². The molecule has 0 aromatic carbocycles. The van der Waals surface area contributed by atoms with E-state index in [4.69, 9.17) is 23.7 Å². The molecule has 336 valence electrons. The number of ether oxygens (including phenoxy) is 5. The highest BCUT2D eigenvalue weighted by molar-refractivity contribution is 5.79. The average molecular weight is 826 g/mol. The molecule has 3 rings (SSSR count). The highest BCUT2D eigenvalue weighted by Crippen LogP contribution is 2.41. The first-order chi connectivity index (χ1) is 27.4. The predicted molar refractivity (Wildman–Crippen MR) is 222 cm³/mol. The van der Waals surface area contributed by atoms with Gasteiger partial charge in [-0.05, 0) is 96.0 Å². The van der Waals surface area contributed by atoms with Crippen molar-refractivity contribution in [2.75, 3.05) is 27.9 Å². The lowest BCUT2D eigenvalue weighted by Crippen LogP contribution is -2.67. The number of rotatable bonds is 23. The van der Waals surface area contributed by atoms with E-state index in [9.17, 15) is 35.4 Å². The molecular weight excluding hydrogens is 746 g/mol. The van der Waals surface area contributed by atoms with E-state index in [-0.39, 0.29) is 36.6 Å². The van der Waals surface area contributed by atoms with E-state index in [1.54, 1.807) is 46.2 Å². The first-order valence-electron chi connectivity index (χ1n) is 21.7. The smallest absolute Gasteiger partial charge is 0.199 e. The van der Waals surface area contributed by atoms with Gasteiger partial charge in [0.05, 0.1) is 42.7 Å². The molecule has 0 radical (unpaired) electrons. The molecule has 1 aliphatic carbocycles. The quantitative estimate of drug-likeness (QED) is 0.0611. The lowest BCUT2D eigenvalue weighted by Gasteiger charge is -2.52. The molecule has 3 fully saturated rings. The van der Waals surface area contributed by atoms with Crippen LogP contribution in [0.4, 0.5) is 0 Å². The number of carbonyl (C=O) groups excluding carboxylic acids is 1. The minimum Gasteiger partial charge on any atom is -0.392 e. The largest absolute Gasteiger partial charge is 0.392 e. The van der Waals surface area contributed by atoms with E-state index in [2.05, 4.69) is 26.5 Å². The van der Waals surface area contributed by atoms with Gasteiger partial charge in [-0.3, -0.25) is 9.69 Å². The summed E-state index contributed by atoms with van der Waals surface area (Å²) in [6.45, 7) is 15.6. The second-order valence-corrected chi connectivity index (χ2v) is 17.6. The van der Waals surface area contributed by atoms with Crippen LogP contribution in [0.3, 0.4) is 0 Å². The highest BCUT2D eigenvalue weighted by atomic mass is 16.7. The van der Waals surface area contributed by atoms with Crippen LogP contribution in [0.15, 0.2) is 36.0 Å². The van der Waals surface area contributed by atoms with Crippen LogP contribution in [0, 0.1) is 23.7 Å². The Hall–Kier alpha value is -1.59. The zero-order chi connectivity index (χ0) is 43.3. The number of hydrogen-bond donors (Lipinski definition) is 6. The van der Waals surface area contributed by atoms with Crippen molar-refractivity contribution < 1.29 is 59.1 Å². The van der Waals surface area contributed by atoms with E-state index in [1.165, 1.54) is 5.57 Å². The van der Waals surface area contributed by atoms with E-state index in [1.807, 2.05) is 19.9 Å². The summed E-state index contributed by atoms with van der Waals surface area (Å²) < 4.78 is 30.2. The lowest BCUT2D eigenvalue weighted by atomic mass is 9.81. The van der Waals surface area contributed by atoms with Crippen molar-refractivity contribution in [1.82, 2.24) is 4.90 Å². The number of carbonyl (C=O) groups is 1. The molecule has 0 spiro atoms. The van der Waals surface area contributed by atoms with Crippen LogP contribution < -0.4 is 0 Å². The minimum atomic E-state index is -2.18. The fourth-order valence-corrected chi connectivity index (χ4v) is 9.38. The molecule has 0 aromatic heterocycles. The third kappa shape index (κ3) is 13.5. The standard InChI is InChI=1S/C45H79NO12/c1-11-13-16-33(47)26-36(49)31(7)40(29(5)23-32-18-19-35(48)37(25-32)54-8)57-44(52)34-17-14-15-20-46(34)43(51)42(50)45(53)30(6)24-39(56-10)41(58-45)38(55-9)22-28(4)21-27(3)12-2/h11-12,23,28,30-32,34-44,48-53H,1,13-22,24-26H2,2-10H3/b27-12+,29-23+. The molecule has 3 aliphatic rings. The lowest BCUT2D eigenvalue weighted by molar-refractivity contribution is -0.370. The van der Waals surface area contributed by atoms with Crippen LogP contribution in [-0.2, 0) is 28.5 Å². The van der Waals surface area contributed by atoms with Gasteiger partial charge in [0, 0.05) is 52.6 Å². The number of methoxy groups -OCH3 is 3. The molecule has 2 saturated heterocycles. The van der Waals surface area contributed by atoms with Crippen molar-refractivity contribution >= 4 is 5.78 Å². The second-order valence-electron chi connectivity index (χ2n) is 17.6. The van der Waals surface area contributed by atoms with Crippen LogP contribution in [-0.4, -0.2) is 142 Å². The Labute approximate surface area is 348 Å². The van der Waals surface area contributed by atoms with Crippen molar-refractivity contribution in [2.24, 2.45) is 23.7 Å². The van der Waals surface area contributed by atoms with Crippen molar-refractivity contribution in [3.8, 4) is 0 Å². The molecule has 1 saturated carbocycles. The van der Waals surface area contributed by atoms with Crippen LogP contribution in [0.25, 0.3) is 0 Å². The molecular formula is C45H79NO12. The maximum absolute atomic E-state index is 12.7. The van der Waals surface area contributed by atoms with Crippen molar-refractivity contribution in [3.63, 3.8) is 0 Å². The molecule has 2 heterocycles. The SMILES string of the molecule is C=CCCC(=O)CC(O)C(C)C(OC(O)C1CCCCN1C(O)C(O)C1(O)OC(C(CC(C)C/C(C)=C/C)OC)C(OC)CC1C)/C(C)=C/C1CCC(O)C(OC)C1. The molecule has 16 atom stereocenters. The van der Waals surface area contributed by atoms with Crippen molar-refractivity contribution in [1.29, 1.82) is 0 Å². The molecule has 0 bridgehead atoms. The summed E-state index contributed by atoms with van der Waals surface area (Å²) in [7, 11) is 4.76. The van der Waals surface area contributed by atoms with Gasteiger partial charge >= 0.3 is 0 Å². The van der Waals surface area contributed by atoms with Gasteiger partial charge in [-0.15, -0.1) is 6.58 Å². The third-order valence-electron chi connectivity index (χ3n) is 13.2. The maximum atomic E-state index is 12.7. The molecule has 13 heteroatoms. The Morgan fingerprint density at radius 3 is 2.31 bits per heavy atom. The van der Waals surface area contributed by atoms with E-state index >= 15 is 0 Å². The van der Waals surface area contributed by atoms with Crippen LogP contribution in [0.1, 0.15) is 119 Å². The number of allylic oxidation sites excluding steroid dienone is 4. The van der Waals surface area contributed by atoms with Crippen LogP contribution in [0.2, 0.25) is 0 Å². The van der Waals surface area contributed by atoms with Crippen LogP contribution in [0.5, 0.6) is 0 Å². The highest BCUT2D eigenvalue weighted by Gasteiger charge is 2.56. The fourth-order valence-electron chi connectivity index (χ4n) is 9.38. The fraction of sp³-hybridized carbons (Fsp3) is 0.844. The summed E-state index contributed by atoms with van der Waals surface area (Å²) in [5.41, 5.74) is 2.01. The predicted octanol–water partition coefficient (Wildman–Crippen LogP) is 4.79. The number of Topliss-reactive ketones (excluding diaryl/α,β-unsaturated/α-hetero) is 1. The first kappa shape index (κ1) is 50.8. The number of ketones is 1. The summed E-state index contributed by atoms with van der Waals surface area (Å²) >= 11 is 0. The molecule has 16 unspecified atom stereocenters. The van der Waals surface area contributed by atoms with Gasteiger partial charge in [0.2, 0.25) is 0 Å².